The summed E-state index contributed by atoms with van der Waals surface area (Å²) in [6.45, 7) is 9.14. The van der Waals surface area contributed by atoms with Crippen LogP contribution in [0.1, 0.15) is 45.4 Å². The van der Waals surface area contributed by atoms with Crippen molar-refractivity contribution in [1.29, 1.82) is 0 Å². The molecule has 160 valence electrons. The van der Waals surface area contributed by atoms with Gasteiger partial charge in [0, 0.05) is 49.5 Å². The summed E-state index contributed by atoms with van der Waals surface area (Å²) in [4.78, 5) is 27.4. The number of carbonyl (C=O) groups is 1. The third kappa shape index (κ3) is 4.06. The second-order valence-corrected chi connectivity index (χ2v) is 9.74. The van der Waals surface area contributed by atoms with Gasteiger partial charge in [-0.15, -0.1) is 11.3 Å². The minimum Gasteiger partial charge on any atom is -0.385 e. The molecule has 1 saturated heterocycles. The number of aliphatic hydroxyl groups is 1. The lowest BCUT2D eigenvalue weighted by atomic mass is 9.95. The molecule has 1 fully saturated rings. The fourth-order valence-corrected chi connectivity index (χ4v) is 5.03. The number of amides is 1. The third-order valence-electron chi connectivity index (χ3n) is 5.59. The largest absolute Gasteiger partial charge is 0.385 e. The Bertz CT molecular complexity index is 1050. The van der Waals surface area contributed by atoms with Crippen molar-refractivity contribution < 1.29 is 9.90 Å². The van der Waals surface area contributed by atoms with E-state index >= 15 is 0 Å². The molecule has 0 spiro atoms. The van der Waals surface area contributed by atoms with E-state index in [1.165, 1.54) is 11.3 Å². The van der Waals surface area contributed by atoms with Crippen LogP contribution in [-0.2, 0) is 10.4 Å². The molecule has 0 unspecified atom stereocenters. The Labute approximate surface area is 180 Å². The predicted octanol–water partition coefficient (Wildman–Crippen LogP) is 3.97. The number of nitrogens with one attached hydrogen (secondary N) is 2. The smallest absolute Gasteiger partial charge is 0.222 e. The van der Waals surface area contributed by atoms with E-state index in [0.29, 0.717) is 18.9 Å². The highest BCUT2D eigenvalue weighted by Crippen LogP contribution is 2.38. The standard InChI is InChI=1S/C22H29N5O2S/c1-5-18(28)27-11-13(2)8-14(12-27)26-19-15-6-7-23-20(15)24-9-16(19)21-25-10-17(30-21)22(3,4)29/h6-7,9-10,13-14,29H,5,8,11-12H2,1-4H3,(H2,23,24,26)/t13-,14+/m0/s1. The molecule has 30 heavy (non-hydrogen) atoms. The number of rotatable bonds is 5. The zero-order valence-electron chi connectivity index (χ0n) is 17.9. The second-order valence-electron chi connectivity index (χ2n) is 8.71. The van der Waals surface area contributed by atoms with Crippen LogP contribution in [0.2, 0.25) is 0 Å². The van der Waals surface area contributed by atoms with Crippen LogP contribution in [0.25, 0.3) is 21.6 Å². The second kappa shape index (κ2) is 8.00. The molecule has 4 rings (SSSR count). The maximum absolute atomic E-state index is 12.3. The molecule has 0 aromatic carbocycles. The lowest BCUT2D eigenvalue weighted by molar-refractivity contribution is -0.132. The van der Waals surface area contributed by atoms with Gasteiger partial charge in [0.15, 0.2) is 0 Å². The number of pyridine rings is 1. The van der Waals surface area contributed by atoms with Gasteiger partial charge in [0.05, 0.1) is 21.7 Å². The zero-order chi connectivity index (χ0) is 21.5. The number of aromatic amines is 1. The summed E-state index contributed by atoms with van der Waals surface area (Å²) in [5.41, 5.74) is 1.76. The van der Waals surface area contributed by atoms with Gasteiger partial charge in [0.2, 0.25) is 5.91 Å². The SMILES string of the molecule is CCC(=O)N1C[C@@H](C)C[C@@H](Nc2c(-c3ncc(C(C)(C)O)s3)cnc3[nH]ccc23)C1. The maximum atomic E-state index is 12.3. The highest BCUT2D eigenvalue weighted by Gasteiger charge is 2.29. The van der Waals surface area contributed by atoms with E-state index in [-0.39, 0.29) is 11.9 Å². The molecule has 4 heterocycles. The molecule has 8 heteroatoms. The number of hydrogen-bond acceptors (Lipinski definition) is 6. The molecule has 0 aliphatic carbocycles. The number of likely N-dealkylation sites (tertiary alicyclic amines) is 1. The molecule has 1 amide bonds. The van der Waals surface area contributed by atoms with Crippen LogP contribution in [0.15, 0.2) is 24.7 Å². The number of aromatic nitrogens is 3. The van der Waals surface area contributed by atoms with Crippen LogP contribution < -0.4 is 5.32 Å². The van der Waals surface area contributed by atoms with Crippen LogP contribution in [-0.4, -0.2) is 50.0 Å². The van der Waals surface area contributed by atoms with Gasteiger partial charge in [0.25, 0.3) is 0 Å². The average Bonchev–Trinajstić information content (AvgIpc) is 3.36. The number of fused-ring (bicyclic) bond motifs is 1. The number of hydrogen-bond donors (Lipinski definition) is 3. The van der Waals surface area contributed by atoms with Crippen molar-refractivity contribution in [2.75, 3.05) is 18.4 Å². The molecule has 0 saturated carbocycles. The summed E-state index contributed by atoms with van der Waals surface area (Å²) >= 11 is 1.47. The van der Waals surface area contributed by atoms with E-state index < -0.39 is 5.60 Å². The van der Waals surface area contributed by atoms with Crippen LogP contribution >= 0.6 is 11.3 Å². The summed E-state index contributed by atoms with van der Waals surface area (Å²) in [6.07, 6.45) is 6.97. The Morgan fingerprint density at radius 1 is 1.37 bits per heavy atom. The molecular weight excluding hydrogens is 398 g/mol. The highest BCUT2D eigenvalue weighted by molar-refractivity contribution is 7.15. The van der Waals surface area contributed by atoms with E-state index in [0.717, 1.165) is 45.1 Å². The number of H-pyrrole nitrogens is 1. The van der Waals surface area contributed by atoms with Crippen LogP contribution in [0.4, 0.5) is 5.69 Å². The van der Waals surface area contributed by atoms with Crippen molar-refractivity contribution >= 4 is 34.0 Å². The predicted molar refractivity (Wildman–Crippen MR) is 121 cm³/mol. The summed E-state index contributed by atoms with van der Waals surface area (Å²) in [6, 6.07) is 2.16. The van der Waals surface area contributed by atoms with Gasteiger partial charge in [0.1, 0.15) is 10.7 Å². The van der Waals surface area contributed by atoms with Crippen molar-refractivity contribution in [2.45, 2.75) is 52.2 Å². The molecule has 1 aliphatic heterocycles. The summed E-state index contributed by atoms with van der Waals surface area (Å²) < 4.78 is 0. The van der Waals surface area contributed by atoms with E-state index in [9.17, 15) is 9.90 Å². The van der Waals surface area contributed by atoms with Crippen LogP contribution in [0.3, 0.4) is 0 Å². The van der Waals surface area contributed by atoms with Crippen molar-refractivity contribution in [3.05, 3.63) is 29.5 Å². The molecule has 1 aliphatic rings. The van der Waals surface area contributed by atoms with Crippen LogP contribution in [0, 0.1) is 5.92 Å². The minimum atomic E-state index is -0.936. The molecular formula is C22H29N5O2S. The van der Waals surface area contributed by atoms with E-state index in [1.54, 1.807) is 20.0 Å². The summed E-state index contributed by atoms with van der Waals surface area (Å²) in [5.74, 6) is 0.630. The topological polar surface area (TPSA) is 94.1 Å². The third-order valence-corrected chi connectivity index (χ3v) is 6.93. The Kier molecular flexibility index (Phi) is 5.55. The van der Waals surface area contributed by atoms with Gasteiger partial charge in [-0.1, -0.05) is 13.8 Å². The molecule has 3 N–H and O–H groups in total. The van der Waals surface area contributed by atoms with Crippen molar-refractivity contribution in [3.8, 4) is 10.6 Å². The Morgan fingerprint density at radius 2 is 2.17 bits per heavy atom. The first-order valence-electron chi connectivity index (χ1n) is 10.5. The lowest BCUT2D eigenvalue weighted by Crippen LogP contribution is -2.48. The first-order valence-corrected chi connectivity index (χ1v) is 11.3. The maximum Gasteiger partial charge on any atom is 0.222 e. The average molecular weight is 428 g/mol. The van der Waals surface area contributed by atoms with E-state index in [2.05, 4.69) is 27.2 Å². The quantitative estimate of drug-likeness (QED) is 0.573. The normalized spacial score (nSPS) is 20.0. The molecule has 0 bridgehead atoms. The van der Waals surface area contributed by atoms with Crippen molar-refractivity contribution in [3.63, 3.8) is 0 Å². The van der Waals surface area contributed by atoms with Crippen LogP contribution in [0.5, 0.6) is 0 Å². The van der Waals surface area contributed by atoms with Gasteiger partial charge in [-0.2, -0.15) is 0 Å². The number of anilines is 1. The zero-order valence-corrected chi connectivity index (χ0v) is 18.7. The highest BCUT2D eigenvalue weighted by atomic mass is 32.1. The number of piperidine rings is 1. The fraction of sp³-hybridized carbons (Fsp3) is 0.500. The molecule has 2 atom stereocenters. The molecule has 3 aromatic heterocycles. The number of nitrogens with zero attached hydrogens (tertiary/aromatic N) is 3. The van der Waals surface area contributed by atoms with Gasteiger partial charge >= 0.3 is 0 Å². The number of thiazole rings is 1. The van der Waals surface area contributed by atoms with Gasteiger partial charge in [-0.05, 0) is 32.3 Å². The van der Waals surface area contributed by atoms with Gasteiger partial charge < -0.3 is 20.3 Å². The minimum absolute atomic E-state index is 0.150. The van der Waals surface area contributed by atoms with Crippen molar-refractivity contribution in [1.82, 2.24) is 19.9 Å². The first-order chi connectivity index (χ1) is 14.3. The fourth-order valence-electron chi connectivity index (χ4n) is 4.09. The molecule has 0 radical (unpaired) electrons. The Balaban J connectivity index is 1.71. The Morgan fingerprint density at radius 3 is 2.87 bits per heavy atom. The monoisotopic (exact) mass is 427 g/mol. The van der Waals surface area contributed by atoms with Crippen molar-refractivity contribution in [2.24, 2.45) is 5.92 Å². The molecule has 3 aromatic rings. The first kappa shape index (κ1) is 20.8. The Hall–Kier alpha value is -2.45. The van der Waals surface area contributed by atoms with E-state index in [4.69, 9.17) is 0 Å². The van der Waals surface area contributed by atoms with Gasteiger partial charge in [-0.25, -0.2) is 9.97 Å². The number of carbonyl (C=O) groups excluding carboxylic acids is 1. The molecule has 7 nitrogen and oxygen atoms in total. The summed E-state index contributed by atoms with van der Waals surface area (Å²) in [5, 5.41) is 15.9. The lowest BCUT2D eigenvalue weighted by Gasteiger charge is -2.37. The van der Waals surface area contributed by atoms with E-state index in [1.807, 2.05) is 30.3 Å². The summed E-state index contributed by atoms with van der Waals surface area (Å²) in [7, 11) is 0. The van der Waals surface area contributed by atoms with Gasteiger partial charge in [-0.3, -0.25) is 4.79 Å².